The number of nitro groups is 1. The fourth-order valence-corrected chi connectivity index (χ4v) is 3.75. The third-order valence-corrected chi connectivity index (χ3v) is 4.90. The second-order valence-corrected chi connectivity index (χ2v) is 6.47. The maximum absolute atomic E-state index is 11.9. The molecular formula is C17H22N3O4-. The van der Waals surface area contributed by atoms with Gasteiger partial charge in [-0.15, -0.1) is 0 Å². The van der Waals surface area contributed by atoms with Gasteiger partial charge in [0.1, 0.15) is 5.69 Å². The molecule has 0 aliphatic carbocycles. The predicted octanol–water partition coefficient (Wildman–Crippen LogP) is 1.94. The molecule has 2 fully saturated rings. The molecule has 7 heteroatoms. The summed E-state index contributed by atoms with van der Waals surface area (Å²) >= 11 is 0. The molecule has 0 aromatic heterocycles. The first-order valence-electron chi connectivity index (χ1n) is 8.62. The van der Waals surface area contributed by atoms with Crippen LogP contribution in [0.5, 0.6) is 0 Å². The molecule has 24 heavy (non-hydrogen) atoms. The van der Waals surface area contributed by atoms with Gasteiger partial charge >= 0.3 is 0 Å². The van der Waals surface area contributed by atoms with Gasteiger partial charge in [-0.1, -0.05) is 0 Å². The van der Waals surface area contributed by atoms with Gasteiger partial charge in [-0.05, 0) is 44.6 Å². The Morgan fingerprint density at radius 2 is 1.46 bits per heavy atom. The molecule has 0 radical (unpaired) electrons. The third kappa shape index (κ3) is 3.16. The molecule has 0 N–H and O–H groups in total. The fraction of sp³-hybridized carbons (Fsp3) is 0.588. The van der Waals surface area contributed by atoms with E-state index in [0.29, 0.717) is 18.8 Å². The number of carbonyl (C=O) groups excluding carboxylic acids is 1. The number of carboxylic acid groups (broad SMARTS) is 1. The molecule has 2 saturated heterocycles. The molecule has 2 aliphatic rings. The molecule has 0 atom stereocenters. The number of hydrogen-bond donors (Lipinski definition) is 0. The first-order valence-corrected chi connectivity index (χ1v) is 8.62. The fourth-order valence-electron chi connectivity index (χ4n) is 3.75. The zero-order chi connectivity index (χ0) is 17.1. The number of carboxylic acids is 1. The molecule has 0 bridgehead atoms. The Bertz CT molecular complexity index is 635. The molecular weight excluding hydrogens is 310 g/mol. The number of benzene rings is 1. The van der Waals surface area contributed by atoms with E-state index in [-0.39, 0.29) is 16.9 Å². The van der Waals surface area contributed by atoms with Crippen molar-refractivity contribution >= 4 is 23.0 Å². The number of hydrogen-bond acceptors (Lipinski definition) is 6. The van der Waals surface area contributed by atoms with Gasteiger partial charge in [0, 0.05) is 37.9 Å². The van der Waals surface area contributed by atoms with E-state index in [4.69, 9.17) is 0 Å². The lowest BCUT2D eigenvalue weighted by Crippen LogP contribution is -2.37. The van der Waals surface area contributed by atoms with Crippen LogP contribution in [0.1, 0.15) is 48.9 Å². The lowest BCUT2D eigenvalue weighted by molar-refractivity contribution is -0.384. The first kappa shape index (κ1) is 16.5. The lowest BCUT2D eigenvalue weighted by atomic mass is 10.0. The van der Waals surface area contributed by atoms with Crippen LogP contribution in [0.15, 0.2) is 12.1 Å². The second kappa shape index (κ2) is 7.07. The Labute approximate surface area is 141 Å². The van der Waals surface area contributed by atoms with Crippen LogP contribution in [-0.4, -0.2) is 37.1 Å². The van der Waals surface area contributed by atoms with Gasteiger partial charge in [0.2, 0.25) is 0 Å². The monoisotopic (exact) mass is 332 g/mol. The van der Waals surface area contributed by atoms with Crippen LogP contribution < -0.4 is 14.9 Å². The molecule has 1 aromatic rings. The molecule has 3 rings (SSSR count). The maximum atomic E-state index is 11.9. The molecule has 0 unspecified atom stereocenters. The highest BCUT2D eigenvalue weighted by molar-refractivity contribution is 6.02. The van der Waals surface area contributed by atoms with E-state index in [1.807, 2.05) is 9.80 Å². The minimum absolute atomic E-state index is 0.0204. The standard InChI is InChI=1S/C17H23N3O4/c21-17(22)15-13(18-9-3-1-4-10-18)7-8-14(20(23)24)16(15)19-11-5-2-6-12-19/h7-8H,1-6,9-12H2,(H,21,22)/p-1. The van der Waals surface area contributed by atoms with Crippen LogP contribution in [0.25, 0.3) is 0 Å². The maximum Gasteiger partial charge on any atom is 0.293 e. The minimum Gasteiger partial charge on any atom is -0.545 e. The van der Waals surface area contributed by atoms with Crippen molar-refractivity contribution in [3.05, 3.63) is 27.8 Å². The number of nitro benzene ring substituents is 1. The molecule has 130 valence electrons. The first-order chi connectivity index (χ1) is 11.6. The van der Waals surface area contributed by atoms with E-state index < -0.39 is 10.9 Å². The predicted molar refractivity (Wildman–Crippen MR) is 89.6 cm³/mol. The van der Waals surface area contributed by atoms with Crippen LogP contribution in [0.3, 0.4) is 0 Å². The van der Waals surface area contributed by atoms with Crippen molar-refractivity contribution in [2.45, 2.75) is 38.5 Å². The van der Waals surface area contributed by atoms with Crippen LogP contribution in [-0.2, 0) is 0 Å². The highest BCUT2D eigenvalue weighted by Gasteiger charge is 2.29. The SMILES string of the molecule is O=C([O-])c1c(N2CCCCC2)ccc([N+](=O)[O-])c1N1CCCCC1. The Morgan fingerprint density at radius 3 is 1.96 bits per heavy atom. The number of anilines is 2. The second-order valence-electron chi connectivity index (χ2n) is 6.47. The summed E-state index contributed by atoms with van der Waals surface area (Å²) in [6, 6.07) is 3.02. The summed E-state index contributed by atoms with van der Waals surface area (Å²) < 4.78 is 0. The highest BCUT2D eigenvalue weighted by atomic mass is 16.6. The number of nitrogens with zero attached hydrogens (tertiary/aromatic N) is 3. The molecule has 0 amide bonds. The van der Waals surface area contributed by atoms with E-state index in [2.05, 4.69) is 0 Å². The third-order valence-electron chi connectivity index (χ3n) is 4.90. The van der Waals surface area contributed by atoms with Crippen LogP contribution in [0.2, 0.25) is 0 Å². The molecule has 1 aromatic carbocycles. The summed E-state index contributed by atoms with van der Waals surface area (Å²) in [6.07, 6.45) is 6.03. The molecule has 0 saturated carbocycles. The number of carbonyl (C=O) groups is 1. The van der Waals surface area contributed by atoms with Gasteiger partial charge in [-0.3, -0.25) is 10.1 Å². The topological polar surface area (TPSA) is 89.7 Å². The van der Waals surface area contributed by atoms with Crippen LogP contribution in [0, 0.1) is 10.1 Å². The minimum atomic E-state index is -1.33. The molecule has 0 spiro atoms. The summed E-state index contributed by atoms with van der Waals surface area (Å²) in [5, 5.41) is 23.4. The smallest absolute Gasteiger partial charge is 0.293 e. The van der Waals surface area contributed by atoms with Crippen molar-refractivity contribution in [1.29, 1.82) is 0 Å². The van der Waals surface area contributed by atoms with Crippen LogP contribution in [0.4, 0.5) is 17.1 Å². The quantitative estimate of drug-likeness (QED) is 0.618. The van der Waals surface area contributed by atoms with E-state index in [9.17, 15) is 20.0 Å². The lowest BCUT2D eigenvalue weighted by Gasteiger charge is -2.35. The van der Waals surface area contributed by atoms with Crippen molar-refractivity contribution in [2.75, 3.05) is 36.0 Å². The normalized spacial score (nSPS) is 18.5. The van der Waals surface area contributed by atoms with Crippen LogP contribution >= 0.6 is 0 Å². The van der Waals surface area contributed by atoms with E-state index >= 15 is 0 Å². The van der Waals surface area contributed by atoms with Crippen molar-refractivity contribution in [1.82, 2.24) is 0 Å². The van der Waals surface area contributed by atoms with Crippen molar-refractivity contribution in [3.8, 4) is 0 Å². The largest absolute Gasteiger partial charge is 0.545 e. The van der Waals surface area contributed by atoms with E-state index in [1.54, 1.807) is 6.07 Å². The number of rotatable bonds is 4. The van der Waals surface area contributed by atoms with E-state index in [1.165, 1.54) is 6.07 Å². The van der Waals surface area contributed by atoms with Crippen molar-refractivity contribution in [3.63, 3.8) is 0 Å². The molecule has 7 nitrogen and oxygen atoms in total. The Balaban J connectivity index is 2.13. The van der Waals surface area contributed by atoms with Gasteiger partial charge in [0.15, 0.2) is 0 Å². The number of aromatic carboxylic acids is 1. The zero-order valence-electron chi connectivity index (χ0n) is 13.7. The van der Waals surface area contributed by atoms with Gasteiger partial charge in [0.05, 0.1) is 16.5 Å². The van der Waals surface area contributed by atoms with Crippen molar-refractivity contribution in [2.24, 2.45) is 0 Å². The Kier molecular flexibility index (Phi) is 4.87. The zero-order valence-corrected chi connectivity index (χ0v) is 13.7. The summed E-state index contributed by atoms with van der Waals surface area (Å²) in [6.45, 7) is 2.84. The molecule has 2 aliphatic heterocycles. The van der Waals surface area contributed by atoms with Gasteiger partial charge in [-0.25, -0.2) is 0 Å². The summed E-state index contributed by atoms with van der Waals surface area (Å²) in [5.74, 6) is -1.33. The summed E-state index contributed by atoms with van der Waals surface area (Å²) in [7, 11) is 0. The highest BCUT2D eigenvalue weighted by Crippen LogP contribution is 2.39. The van der Waals surface area contributed by atoms with Gasteiger partial charge < -0.3 is 19.7 Å². The van der Waals surface area contributed by atoms with Gasteiger partial charge in [-0.2, -0.15) is 0 Å². The Hall–Kier alpha value is -2.31. The van der Waals surface area contributed by atoms with Crippen molar-refractivity contribution < 1.29 is 14.8 Å². The van der Waals surface area contributed by atoms with E-state index in [0.717, 1.165) is 51.6 Å². The molecule has 2 heterocycles. The number of piperidine rings is 2. The summed E-state index contributed by atoms with van der Waals surface area (Å²) in [4.78, 5) is 26.8. The average molecular weight is 332 g/mol. The average Bonchev–Trinajstić information content (AvgIpc) is 2.61. The van der Waals surface area contributed by atoms with Gasteiger partial charge in [0.25, 0.3) is 5.69 Å². The Morgan fingerprint density at radius 1 is 0.917 bits per heavy atom. The summed E-state index contributed by atoms with van der Waals surface area (Å²) in [5.41, 5.74) is 0.619.